The lowest BCUT2D eigenvalue weighted by atomic mass is 10.1. The fraction of sp³-hybridized carbons (Fsp3) is 0.227. The highest BCUT2D eigenvalue weighted by atomic mass is 35.5. The molecule has 1 amide bonds. The SMILES string of the molecule is CCN(CC)c1ccc(NC(=O)c2ccc(-c3cccc(Cl)c3)o2)c(C)c1. The van der Waals surface area contributed by atoms with E-state index in [2.05, 4.69) is 30.1 Å². The van der Waals surface area contributed by atoms with Crippen molar-refractivity contribution < 1.29 is 9.21 Å². The number of nitrogens with one attached hydrogen (secondary N) is 1. The van der Waals surface area contributed by atoms with E-state index in [4.69, 9.17) is 16.0 Å². The van der Waals surface area contributed by atoms with Crippen molar-refractivity contribution in [3.63, 3.8) is 0 Å². The summed E-state index contributed by atoms with van der Waals surface area (Å²) >= 11 is 6.02. The Labute approximate surface area is 164 Å². The van der Waals surface area contributed by atoms with Gasteiger partial charge in [-0.25, -0.2) is 0 Å². The molecule has 0 spiro atoms. The van der Waals surface area contributed by atoms with E-state index in [1.165, 1.54) is 0 Å². The summed E-state index contributed by atoms with van der Waals surface area (Å²) in [7, 11) is 0. The number of benzene rings is 2. The molecule has 27 heavy (non-hydrogen) atoms. The number of carbonyl (C=O) groups excluding carboxylic acids is 1. The van der Waals surface area contributed by atoms with Gasteiger partial charge in [0.15, 0.2) is 5.76 Å². The van der Waals surface area contributed by atoms with E-state index in [-0.39, 0.29) is 11.7 Å². The third kappa shape index (κ3) is 4.34. The van der Waals surface area contributed by atoms with Gasteiger partial charge in [-0.05, 0) is 68.8 Å². The normalized spacial score (nSPS) is 10.7. The van der Waals surface area contributed by atoms with E-state index >= 15 is 0 Å². The lowest BCUT2D eigenvalue weighted by Gasteiger charge is -2.22. The molecule has 3 rings (SSSR count). The first-order valence-corrected chi connectivity index (χ1v) is 9.42. The molecule has 0 fully saturated rings. The molecule has 5 heteroatoms. The number of halogens is 1. The summed E-state index contributed by atoms with van der Waals surface area (Å²) in [5, 5.41) is 3.55. The second-order valence-corrected chi connectivity index (χ2v) is 6.74. The minimum absolute atomic E-state index is 0.261. The molecule has 1 aromatic heterocycles. The van der Waals surface area contributed by atoms with Crippen molar-refractivity contribution in [1.29, 1.82) is 0 Å². The van der Waals surface area contributed by atoms with Gasteiger partial charge in [0.1, 0.15) is 5.76 Å². The number of hydrogen-bond donors (Lipinski definition) is 1. The van der Waals surface area contributed by atoms with Crippen molar-refractivity contribution >= 4 is 28.9 Å². The van der Waals surface area contributed by atoms with Crippen LogP contribution in [0.4, 0.5) is 11.4 Å². The maximum atomic E-state index is 12.6. The van der Waals surface area contributed by atoms with E-state index in [1.807, 2.05) is 31.2 Å². The third-order valence-corrected chi connectivity index (χ3v) is 4.76. The molecule has 140 valence electrons. The van der Waals surface area contributed by atoms with Crippen molar-refractivity contribution in [3.05, 3.63) is 70.9 Å². The van der Waals surface area contributed by atoms with Gasteiger partial charge < -0.3 is 14.6 Å². The van der Waals surface area contributed by atoms with Gasteiger partial charge in [0.2, 0.25) is 0 Å². The molecule has 0 aliphatic rings. The number of anilines is 2. The van der Waals surface area contributed by atoms with Crippen LogP contribution in [-0.4, -0.2) is 19.0 Å². The van der Waals surface area contributed by atoms with Gasteiger partial charge in [-0.3, -0.25) is 4.79 Å². The second kappa shape index (κ2) is 8.31. The Morgan fingerprint density at radius 2 is 1.85 bits per heavy atom. The monoisotopic (exact) mass is 382 g/mol. The molecule has 3 aromatic rings. The smallest absolute Gasteiger partial charge is 0.291 e. The Morgan fingerprint density at radius 1 is 1.07 bits per heavy atom. The maximum absolute atomic E-state index is 12.6. The fourth-order valence-corrected chi connectivity index (χ4v) is 3.20. The van der Waals surface area contributed by atoms with Crippen LogP contribution in [0.2, 0.25) is 5.02 Å². The van der Waals surface area contributed by atoms with Gasteiger partial charge in [-0.2, -0.15) is 0 Å². The first-order valence-electron chi connectivity index (χ1n) is 9.04. The van der Waals surface area contributed by atoms with E-state index in [1.54, 1.807) is 24.3 Å². The molecule has 0 bridgehead atoms. The summed E-state index contributed by atoms with van der Waals surface area (Å²) in [5.41, 5.74) is 3.77. The van der Waals surface area contributed by atoms with E-state index in [0.717, 1.165) is 35.6 Å². The van der Waals surface area contributed by atoms with Gasteiger partial charge in [-0.15, -0.1) is 0 Å². The van der Waals surface area contributed by atoms with Crippen molar-refractivity contribution in [2.45, 2.75) is 20.8 Å². The Bertz CT molecular complexity index is 945. The average Bonchev–Trinajstić information content (AvgIpc) is 3.15. The van der Waals surface area contributed by atoms with Crippen LogP contribution in [0.3, 0.4) is 0 Å². The number of furan rings is 1. The number of aryl methyl sites for hydroxylation is 1. The van der Waals surface area contributed by atoms with Crippen LogP contribution in [0.15, 0.2) is 59.0 Å². The summed E-state index contributed by atoms with van der Waals surface area (Å²) < 4.78 is 5.72. The van der Waals surface area contributed by atoms with Gasteiger partial charge in [0.25, 0.3) is 5.91 Å². The zero-order valence-electron chi connectivity index (χ0n) is 15.8. The molecule has 0 saturated heterocycles. The molecule has 0 aliphatic heterocycles. The zero-order valence-corrected chi connectivity index (χ0v) is 16.5. The highest BCUT2D eigenvalue weighted by Gasteiger charge is 2.14. The first kappa shape index (κ1) is 19.1. The third-order valence-electron chi connectivity index (χ3n) is 4.53. The summed E-state index contributed by atoms with van der Waals surface area (Å²) in [6.45, 7) is 8.13. The van der Waals surface area contributed by atoms with Crippen LogP contribution in [0.1, 0.15) is 30.0 Å². The Balaban J connectivity index is 1.76. The van der Waals surface area contributed by atoms with E-state index < -0.39 is 0 Å². The summed E-state index contributed by atoms with van der Waals surface area (Å²) in [5.74, 6) is 0.593. The van der Waals surface area contributed by atoms with Crippen LogP contribution >= 0.6 is 11.6 Å². The summed E-state index contributed by atoms with van der Waals surface area (Å²) in [4.78, 5) is 14.8. The van der Waals surface area contributed by atoms with Crippen LogP contribution in [-0.2, 0) is 0 Å². The molecule has 0 aliphatic carbocycles. The Morgan fingerprint density at radius 3 is 2.52 bits per heavy atom. The Kier molecular flexibility index (Phi) is 5.87. The predicted molar refractivity (Wildman–Crippen MR) is 112 cm³/mol. The summed E-state index contributed by atoms with van der Waals surface area (Å²) in [6.07, 6.45) is 0. The lowest BCUT2D eigenvalue weighted by molar-refractivity contribution is 0.0997. The molecular weight excluding hydrogens is 360 g/mol. The second-order valence-electron chi connectivity index (χ2n) is 6.30. The lowest BCUT2D eigenvalue weighted by Crippen LogP contribution is -2.22. The largest absolute Gasteiger partial charge is 0.451 e. The molecule has 1 heterocycles. The molecular formula is C22H23ClN2O2. The minimum Gasteiger partial charge on any atom is -0.451 e. The highest BCUT2D eigenvalue weighted by Crippen LogP contribution is 2.26. The minimum atomic E-state index is -0.276. The Hall–Kier alpha value is -2.72. The standard InChI is InChI=1S/C22H23ClN2O2/c1-4-25(5-2)18-9-10-19(15(3)13-18)24-22(26)21-12-11-20(27-21)16-7-6-8-17(23)14-16/h6-14H,4-5H2,1-3H3,(H,24,26). The molecule has 1 N–H and O–H groups in total. The number of carbonyl (C=O) groups is 1. The van der Waals surface area contributed by atoms with Crippen LogP contribution < -0.4 is 10.2 Å². The molecule has 0 radical (unpaired) electrons. The van der Waals surface area contributed by atoms with Crippen molar-refractivity contribution in [1.82, 2.24) is 0 Å². The number of rotatable bonds is 6. The quantitative estimate of drug-likeness (QED) is 0.568. The molecule has 0 atom stereocenters. The van der Waals surface area contributed by atoms with Gasteiger partial charge in [0, 0.05) is 35.1 Å². The van der Waals surface area contributed by atoms with Crippen molar-refractivity contribution in [3.8, 4) is 11.3 Å². The van der Waals surface area contributed by atoms with Crippen LogP contribution in [0.25, 0.3) is 11.3 Å². The molecule has 2 aromatic carbocycles. The highest BCUT2D eigenvalue weighted by molar-refractivity contribution is 6.30. The maximum Gasteiger partial charge on any atom is 0.291 e. The number of amides is 1. The topological polar surface area (TPSA) is 45.5 Å². The first-order chi connectivity index (χ1) is 13.0. The molecule has 0 unspecified atom stereocenters. The zero-order chi connectivity index (χ0) is 19.4. The number of hydrogen-bond acceptors (Lipinski definition) is 3. The van der Waals surface area contributed by atoms with Crippen LogP contribution in [0, 0.1) is 6.92 Å². The molecule has 4 nitrogen and oxygen atoms in total. The van der Waals surface area contributed by atoms with Crippen molar-refractivity contribution in [2.75, 3.05) is 23.3 Å². The van der Waals surface area contributed by atoms with Crippen molar-refractivity contribution in [2.24, 2.45) is 0 Å². The average molecular weight is 383 g/mol. The molecule has 0 saturated carbocycles. The van der Waals surface area contributed by atoms with E-state index in [9.17, 15) is 4.79 Å². The fourth-order valence-electron chi connectivity index (χ4n) is 3.01. The van der Waals surface area contributed by atoms with Crippen LogP contribution in [0.5, 0.6) is 0 Å². The number of nitrogens with zero attached hydrogens (tertiary/aromatic N) is 1. The van der Waals surface area contributed by atoms with Gasteiger partial charge in [0.05, 0.1) is 0 Å². The van der Waals surface area contributed by atoms with E-state index in [0.29, 0.717) is 10.8 Å². The summed E-state index contributed by atoms with van der Waals surface area (Å²) in [6, 6.07) is 16.8. The van der Waals surface area contributed by atoms with Gasteiger partial charge in [-0.1, -0.05) is 23.7 Å². The predicted octanol–water partition coefficient (Wildman–Crippen LogP) is 6.01. The van der Waals surface area contributed by atoms with Gasteiger partial charge >= 0.3 is 0 Å².